The molecule has 0 aromatic heterocycles. The molecule has 0 spiro atoms. The zero-order valence-corrected chi connectivity index (χ0v) is 16.1. The molecule has 5 nitrogen and oxygen atoms in total. The summed E-state index contributed by atoms with van der Waals surface area (Å²) in [6.45, 7) is 7.03. The van der Waals surface area contributed by atoms with Crippen LogP contribution >= 0.6 is 11.6 Å². The van der Waals surface area contributed by atoms with Gasteiger partial charge in [0.2, 0.25) is 0 Å². The molecular weight excluding hydrogens is 362 g/mol. The minimum Gasteiger partial charge on any atom is -0.491 e. The fraction of sp³-hybridized carbons (Fsp3) is 0.381. The number of piperazine rings is 1. The predicted octanol–water partition coefficient (Wildman–Crippen LogP) is 3.29. The van der Waals surface area contributed by atoms with Crippen LogP contribution in [0.4, 0.5) is 0 Å². The fourth-order valence-electron chi connectivity index (χ4n) is 3.05. The first-order chi connectivity index (χ1) is 13.3. The number of halogens is 1. The normalized spacial score (nSPS) is 15.3. The fourth-order valence-corrected chi connectivity index (χ4v) is 3.24. The van der Waals surface area contributed by atoms with Crippen LogP contribution < -0.4 is 9.47 Å². The molecule has 6 heteroatoms. The lowest BCUT2D eigenvalue weighted by Gasteiger charge is -2.34. The number of rotatable bonds is 8. The molecule has 2 aromatic carbocycles. The Morgan fingerprint density at radius 3 is 1.93 bits per heavy atom. The topological polar surface area (TPSA) is 48.7 Å². The summed E-state index contributed by atoms with van der Waals surface area (Å²) >= 11 is 6.10. The van der Waals surface area contributed by atoms with Gasteiger partial charge in [-0.15, -0.1) is 0 Å². The van der Waals surface area contributed by atoms with Crippen molar-refractivity contribution in [2.45, 2.75) is 0 Å². The van der Waals surface area contributed by atoms with E-state index in [1.54, 1.807) is 6.07 Å². The highest BCUT2D eigenvalue weighted by Gasteiger charge is 2.16. The maximum atomic E-state index is 9.09. The van der Waals surface area contributed by atoms with Gasteiger partial charge < -0.3 is 9.47 Å². The third-order valence-electron chi connectivity index (χ3n) is 4.64. The molecule has 0 N–H and O–H groups in total. The van der Waals surface area contributed by atoms with Gasteiger partial charge in [0.25, 0.3) is 0 Å². The average molecular weight is 386 g/mol. The molecule has 2 aromatic rings. The van der Waals surface area contributed by atoms with Crippen molar-refractivity contribution < 1.29 is 9.47 Å². The first-order valence-electron chi connectivity index (χ1n) is 9.20. The van der Waals surface area contributed by atoms with Crippen molar-refractivity contribution in [1.82, 2.24) is 9.80 Å². The van der Waals surface area contributed by atoms with Gasteiger partial charge in [-0.05, 0) is 24.3 Å². The SMILES string of the molecule is N#Cc1ccccc1OCCN1CCN(CCOc2ccccc2Cl)CC1. The van der Waals surface area contributed by atoms with E-state index in [0.717, 1.165) is 45.0 Å². The van der Waals surface area contributed by atoms with Gasteiger partial charge in [0.05, 0.1) is 10.6 Å². The Morgan fingerprint density at radius 2 is 1.33 bits per heavy atom. The molecule has 0 unspecified atom stereocenters. The Labute approximate surface area is 165 Å². The van der Waals surface area contributed by atoms with Crippen LogP contribution in [-0.2, 0) is 0 Å². The van der Waals surface area contributed by atoms with Crippen molar-refractivity contribution >= 4 is 11.6 Å². The minimum atomic E-state index is 0.584. The number of para-hydroxylation sites is 2. The van der Waals surface area contributed by atoms with E-state index in [4.69, 9.17) is 26.3 Å². The molecule has 1 aliphatic heterocycles. The van der Waals surface area contributed by atoms with E-state index < -0.39 is 0 Å². The van der Waals surface area contributed by atoms with Crippen molar-refractivity contribution in [2.24, 2.45) is 0 Å². The highest BCUT2D eigenvalue weighted by molar-refractivity contribution is 6.32. The van der Waals surface area contributed by atoms with Crippen molar-refractivity contribution in [2.75, 3.05) is 52.5 Å². The lowest BCUT2D eigenvalue weighted by Crippen LogP contribution is -2.48. The van der Waals surface area contributed by atoms with Gasteiger partial charge in [-0.1, -0.05) is 35.9 Å². The molecule has 0 radical (unpaired) electrons. The number of hydrogen-bond acceptors (Lipinski definition) is 5. The van der Waals surface area contributed by atoms with E-state index in [2.05, 4.69) is 15.9 Å². The van der Waals surface area contributed by atoms with E-state index in [1.807, 2.05) is 42.5 Å². The summed E-state index contributed by atoms with van der Waals surface area (Å²) in [4.78, 5) is 4.79. The van der Waals surface area contributed by atoms with Crippen LogP contribution in [0, 0.1) is 11.3 Å². The Hall–Kier alpha value is -2.26. The Bertz CT molecular complexity index is 770. The molecule has 0 atom stereocenters. The van der Waals surface area contributed by atoms with Gasteiger partial charge in [-0.2, -0.15) is 5.26 Å². The van der Waals surface area contributed by atoms with E-state index in [-0.39, 0.29) is 0 Å². The van der Waals surface area contributed by atoms with Gasteiger partial charge in [-0.25, -0.2) is 0 Å². The number of nitriles is 1. The lowest BCUT2D eigenvalue weighted by molar-refractivity contribution is 0.105. The summed E-state index contributed by atoms with van der Waals surface area (Å²) in [7, 11) is 0. The summed E-state index contributed by atoms with van der Waals surface area (Å²) in [6.07, 6.45) is 0. The quantitative estimate of drug-likeness (QED) is 0.697. The molecule has 1 saturated heterocycles. The summed E-state index contributed by atoms with van der Waals surface area (Å²) in [5.74, 6) is 1.41. The van der Waals surface area contributed by atoms with E-state index in [0.29, 0.717) is 29.5 Å². The van der Waals surface area contributed by atoms with Gasteiger partial charge >= 0.3 is 0 Å². The second kappa shape index (κ2) is 10.2. The van der Waals surface area contributed by atoms with Crippen LogP contribution in [0.1, 0.15) is 5.56 Å². The second-order valence-corrected chi connectivity index (χ2v) is 6.83. The Balaban J connectivity index is 1.32. The average Bonchev–Trinajstić information content (AvgIpc) is 2.71. The van der Waals surface area contributed by atoms with Crippen molar-refractivity contribution in [1.29, 1.82) is 5.26 Å². The van der Waals surface area contributed by atoms with E-state index in [9.17, 15) is 0 Å². The molecule has 0 bridgehead atoms. The summed E-state index contributed by atoms with van der Waals surface area (Å²) in [5, 5.41) is 9.74. The van der Waals surface area contributed by atoms with E-state index >= 15 is 0 Å². The van der Waals surface area contributed by atoms with Crippen LogP contribution in [-0.4, -0.2) is 62.3 Å². The van der Waals surface area contributed by atoms with Gasteiger partial charge in [0.1, 0.15) is 30.8 Å². The predicted molar refractivity (Wildman–Crippen MR) is 106 cm³/mol. The van der Waals surface area contributed by atoms with Crippen LogP contribution in [0.25, 0.3) is 0 Å². The van der Waals surface area contributed by atoms with Crippen molar-refractivity contribution in [3.05, 3.63) is 59.1 Å². The van der Waals surface area contributed by atoms with E-state index in [1.165, 1.54) is 0 Å². The number of benzene rings is 2. The van der Waals surface area contributed by atoms with Gasteiger partial charge in [0.15, 0.2) is 0 Å². The zero-order valence-electron chi connectivity index (χ0n) is 15.3. The lowest BCUT2D eigenvalue weighted by atomic mass is 10.2. The highest BCUT2D eigenvalue weighted by atomic mass is 35.5. The number of nitrogens with zero attached hydrogens (tertiary/aromatic N) is 3. The standard InChI is InChI=1S/C21H24ClN3O2/c22-19-6-2-4-8-21(19)27-16-14-25-11-9-24(10-12-25)13-15-26-20-7-3-1-5-18(20)17-23/h1-8H,9-16H2. The first kappa shape index (κ1) is 19.5. The van der Waals surface area contributed by atoms with Crippen LogP contribution in [0.2, 0.25) is 5.02 Å². The second-order valence-electron chi connectivity index (χ2n) is 6.42. The third kappa shape index (κ3) is 5.86. The smallest absolute Gasteiger partial charge is 0.137 e. The van der Waals surface area contributed by atoms with Crippen molar-refractivity contribution in [3.63, 3.8) is 0 Å². The molecule has 27 heavy (non-hydrogen) atoms. The Kier molecular flexibility index (Phi) is 7.35. The van der Waals surface area contributed by atoms with Crippen LogP contribution in [0.3, 0.4) is 0 Å². The number of ether oxygens (including phenoxy) is 2. The zero-order chi connectivity index (χ0) is 18.9. The van der Waals surface area contributed by atoms with Crippen molar-refractivity contribution in [3.8, 4) is 17.6 Å². The third-order valence-corrected chi connectivity index (χ3v) is 4.95. The monoisotopic (exact) mass is 385 g/mol. The van der Waals surface area contributed by atoms with Crippen LogP contribution in [0.5, 0.6) is 11.5 Å². The summed E-state index contributed by atoms with van der Waals surface area (Å²) in [6, 6.07) is 17.1. The molecule has 1 fully saturated rings. The molecular formula is C21H24ClN3O2. The van der Waals surface area contributed by atoms with Gasteiger partial charge in [0, 0.05) is 39.3 Å². The van der Waals surface area contributed by atoms with Gasteiger partial charge in [-0.3, -0.25) is 9.80 Å². The molecule has 3 rings (SSSR count). The number of hydrogen-bond donors (Lipinski definition) is 0. The molecule has 1 aliphatic rings. The first-order valence-corrected chi connectivity index (χ1v) is 9.58. The molecule has 0 saturated carbocycles. The van der Waals surface area contributed by atoms with Crippen LogP contribution in [0.15, 0.2) is 48.5 Å². The largest absolute Gasteiger partial charge is 0.491 e. The minimum absolute atomic E-state index is 0.584. The molecule has 1 heterocycles. The summed E-state index contributed by atoms with van der Waals surface area (Å²) < 4.78 is 11.5. The molecule has 0 aliphatic carbocycles. The maximum Gasteiger partial charge on any atom is 0.137 e. The highest BCUT2D eigenvalue weighted by Crippen LogP contribution is 2.23. The summed E-state index contributed by atoms with van der Waals surface area (Å²) in [5.41, 5.74) is 0.584. The Morgan fingerprint density at radius 1 is 0.815 bits per heavy atom. The molecule has 142 valence electrons. The molecule has 0 amide bonds. The maximum absolute atomic E-state index is 9.09.